The van der Waals surface area contributed by atoms with Crippen molar-refractivity contribution in [2.24, 2.45) is 0 Å². The van der Waals surface area contributed by atoms with Crippen LogP contribution in [-0.2, 0) is 27.9 Å². The number of nitrogens with zero attached hydrogens (tertiary/aromatic N) is 1. The van der Waals surface area contributed by atoms with Crippen molar-refractivity contribution in [3.05, 3.63) is 109 Å². The number of rotatable bonds is 38. The lowest BCUT2D eigenvalue weighted by molar-refractivity contribution is -0.870. The van der Waals surface area contributed by atoms with Gasteiger partial charge in [-0.15, -0.1) is 0 Å². The average molecular weight is 815 g/mol. The molecule has 0 aromatic rings. The van der Waals surface area contributed by atoms with E-state index in [0.29, 0.717) is 24.1 Å². The zero-order valence-corrected chi connectivity index (χ0v) is 37.4. The van der Waals surface area contributed by atoms with Gasteiger partial charge in [0.2, 0.25) is 0 Å². The Kier molecular flexibility index (Phi) is 38.0. The fraction of sp³-hybridized carbons (Fsp3) is 0.604. The largest absolute Gasteiger partial charge is 0.472 e. The molecule has 0 rings (SSSR count). The minimum absolute atomic E-state index is 0.0631. The van der Waals surface area contributed by atoms with Crippen LogP contribution in [-0.4, -0.2) is 75.6 Å². The smallest absolute Gasteiger partial charge is 0.457 e. The van der Waals surface area contributed by atoms with Crippen molar-refractivity contribution >= 4 is 13.8 Å². The summed E-state index contributed by atoms with van der Waals surface area (Å²) >= 11 is 0. The van der Waals surface area contributed by atoms with Crippen LogP contribution in [0.1, 0.15) is 129 Å². The fourth-order valence-electron chi connectivity index (χ4n) is 5.09. The number of carbonyl (C=O) groups is 1. The second-order valence-electron chi connectivity index (χ2n) is 15.0. The molecule has 0 radical (unpaired) electrons. The van der Waals surface area contributed by atoms with E-state index >= 15 is 0 Å². The molecule has 0 aliphatic heterocycles. The molecule has 0 fully saturated rings. The van der Waals surface area contributed by atoms with Crippen LogP contribution in [0.25, 0.3) is 0 Å². The molecule has 0 heterocycles. The average Bonchev–Trinajstić information content (AvgIpc) is 3.16. The molecule has 0 bridgehead atoms. The van der Waals surface area contributed by atoms with E-state index < -0.39 is 19.9 Å². The first-order chi connectivity index (χ1) is 27.6. The highest BCUT2D eigenvalue weighted by Gasteiger charge is 2.26. The van der Waals surface area contributed by atoms with Crippen LogP contribution in [0.3, 0.4) is 0 Å². The number of phosphoric ester groups is 1. The van der Waals surface area contributed by atoms with Gasteiger partial charge in [0.1, 0.15) is 19.3 Å². The summed E-state index contributed by atoms with van der Waals surface area (Å²) in [5.74, 6) is -0.450. The predicted octanol–water partition coefficient (Wildman–Crippen LogP) is 12.8. The Morgan fingerprint density at radius 3 is 1.44 bits per heavy atom. The number of hydrogen-bond acceptors (Lipinski definition) is 6. The minimum atomic E-state index is -4.31. The summed E-state index contributed by atoms with van der Waals surface area (Å²) in [5.41, 5.74) is 0. The quantitative estimate of drug-likeness (QED) is 0.0218. The second kappa shape index (κ2) is 40.0. The van der Waals surface area contributed by atoms with E-state index in [1.807, 2.05) is 27.2 Å². The first-order valence-electron chi connectivity index (χ1n) is 21.6. The third kappa shape index (κ3) is 44.1. The maximum Gasteiger partial charge on any atom is 0.472 e. The van der Waals surface area contributed by atoms with Crippen molar-refractivity contribution in [1.29, 1.82) is 0 Å². The Morgan fingerprint density at radius 2 is 0.965 bits per heavy atom. The summed E-state index contributed by atoms with van der Waals surface area (Å²) in [7, 11) is 1.58. The van der Waals surface area contributed by atoms with Crippen molar-refractivity contribution in [3.63, 3.8) is 0 Å². The van der Waals surface area contributed by atoms with Gasteiger partial charge in [-0.05, 0) is 77.0 Å². The normalized spacial score (nSPS) is 14.8. The van der Waals surface area contributed by atoms with Crippen molar-refractivity contribution in [3.8, 4) is 0 Å². The zero-order valence-electron chi connectivity index (χ0n) is 36.5. The van der Waals surface area contributed by atoms with Gasteiger partial charge in [-0.3, -0.25) is 13.8 Å². The molecule has 57 heavy (non-hydrogen) atoms. The molecule has 0 aliphatic rings. The number of ether oxygens (including phenoxy) is 2. The molecule has 9 heteroatoms. The van der Waals surface area contributed by atoms with E-state index in [2.05, 4.69) is 111 Å². The molecule has 0 aliphatic carbocycles. The summed E-state index contributed by atoms with van der Waals surface area (Å²) in [5, 5.41) is 0. The van der Waals surface area contributed by atoms with Gasteiger partial charge in [-0.25, -0.2) is 4.57 Å². The predicted molar refractivity (Wildman–Crippen MR) is 242 cm³/mol. The molecule has 0 spiro atoms. The highest BCUT2D eigenvalue weighted by atomic mass is 31.2. The summed E-state index contributed by atoms with van der Waals surface area (Å²) in [4.78, 5) is 22.8. The van der Waals surface area contributed by atoms with Crippen LogP contribution in [0.5, 0.6) is 0 Å². The molecule has 8 nitrogen and oxygen atoms in total. The molecule has 0 saturated heterocycles. The van der Waals surface area contributed by atoms with Crippen LogP contribution in [0.4, 0.5) is 0 Å². The summed E-state index contributed by atoms with van der Waals surface area (Å²) in [6.45, 7) is 5.19. The highest BCUT2D eigenvalue weighted by molar-refractivity contribution is 7.47. The van der Waals surface area contributed by atoms with Crippen LogP contribution in [0.2, 0.25) is 0 Å². The van der Waals surface area contributed by atoms with Crippen molar-refractivity contribution in [1.82, 2.24) is 0 Å². The Balaban J connectivity index is 4.39. The molecule has 0 saturated carbocycles. The van der Waals surface area contributed by atoms with Crippen LogP contribution < -0.4 is 0 Å². The van der Waals surface area contributed by atoms with Gasteiger partial charge in [0.15, 0.2) is 0 Å². The molecule has 0 aromatic heterocycles. The summed E-state index contributed by atoms with van der Waals surface area (Å²) < 4.78 is 34.8. The Labute approximate surface area is 349 Å². The lowest BCUT2D eigenvalue weighted by atomic mass is 10.1. The summed E-state index contributed by atoms with van der Waals surface area (Å²) in [6.07, 6.45) is 55.9. The summed E-state index contributed by atoms with van der Waals surface area (Å²) in [6, 6.07) is 0. The molecular formula is C48H81NO7P+. The number of likely N-dealkylation sites (N-methyl/N-ethyl adjacent to an activating group) is 1. The lowest BCUT2D eigenvalue weighted by Crippen LogP contribution is -2.37. The van der Waals surface area contributed by atoms with Gasteiger partial charge >= 0.3 is 13.8 Å². The minimum Gasteiger partial charge on any atom is -0.457 e. The Hall–Kier alpha value is -2.84. The van der Waals surface area contributed by atoms with E-state index in [1.165, 1.54) is 25.7 Å². The van der Waals surface area contributed by atoms with Crippen LogP contribution in [0, 0.1) is 0 Å². The number of unbranched alkanes of at least 4 members (excludes halogenated alkanes) is 7. The monoisotopic (exact) mass is 815 g/mol. The highest BCUT2D eigenvalue weighted by Crippen LogP contribution is 2.43. The van der Waals surface area contributed by atoms with Gasteiger partial charge in [0.05, 0.1) is 40.8 Å². The SMILES string of the molecule is CC/C=C\C/C=C\C/C=C\C/C=C\C/C=C\CC(=O)OC(COCCCCCCCCC/C=C\C/C=C\C/C=C\C/C=C\CC)COP(=O)(O)OCC[N+](C)(C)C. The number of allylic oxidation sites excluding steroid dienone is 17. The number of hydrogen-bond donors (Lipinski definition) is 1. The van der Waals surface area contributed by atoms with Gasteiger partial charge in [-0.2, -0.15) is 0 Å². The fourth-order valence-corrected chi connectivity index (χ4v) is 5.83. The van der Waals surface area contributed by atoms with E-state index in [0.717, 1.165) is 77.0 Å². The molecule has 0 amide bonds. The number of carbonyl (C=O) groups excluding carboxylic acids is 1. The van der Waals surface area contributed by atoms with E-state index in [-0.39, 0.29) is 26.2 Å². The zero-order chi connectivity index (χ0) is 42.0. The van der Waals surface area contributed by atoms with Crippen molar-refractivity contribution < 1.29 is 37.3 Å². The van der Waals surface area contributed by atoms with Gasteiger partial charge in [0.25, 0.3) is 0 Å². The third-order valence-electron chi connectivity index (χ3n) is 8.36. The molecule has 324 valence electrons. The number of esters is 1. The molecule has 0 aromatic carbocycles. The van der Waals surface area contributed by atoms with Crippen molar-refractivity contribution in [2.75, 3.05) is 54.1 Å². The lowest BCUT2D eigenvalue weighted by Gasteiger charge is -2.24. The van der Waals surface area contributed by atoms with Crippen LogP contribution in [0.15, 0.2) is 109 Å². The number of phosphoric acid groups is 1. The van der Waals surface area contributed by atoms with Gasteiger partial charge in [-0.1, -0.05) is 155 Å². The first kappa shape index (κ1) is 54.2. The van der Waals surface area contributed by atoms with Gasteiger partial charge < -0.3 is 18.9 Å². The van der Waals surface area contributed by atoms with E-state index in [4.69, 9.17) is 18.5 Å². The molecular weight excluding hydrogens is 734 g/mol. The Bertz CT molecular complexity index is 1270. The second-order valence-corrected chi connectivity index (χ2v) is 16.4. The first-order valence-corrected chi connectivity index (χ1v) is 23.1. The standard InChI is InChI=1S/C48H80NO7P/c1-6-8-10-12-14-16-18-20-22-23-24-25-26-28-30-32-34-36-38-40-43-53-45-47(46-55-57(51,52)54-44-42-49(3,4)5)56-48(50)41-39-37-35-33-31-29-27-21-19-17-15-13-11-9-7-2/h8-11,14-17,20-22,24-25,27,31,33,37,39,47H,6-7,12-13,18-19,23,26,28-30,32,34-36,38,40-46H2,1-5H3/p+1/b10-8-,11-9-,16-14-,17-15-,22-20-,25-24-,27-21-,33-31-,39-37-. The van der Waals surface area contributed by atoms with Crippen molar-refractivity contribution in [2.45, 2.75) is 136 Å². The topological polar surface area (TPSA) is 91.3 Å². The molecule has 2 unspecified atom stereocenters. The maximum absolute atomic E-state index is 12.6. The van der Waals surface area contributed by atoms with Gasteiger partial charge in [0, 0.05) is 6.61 Å². The molecule has 2 atom stereocenters. The molecule has 1 N–H and O–H groups in total. The number of quaternary nitrogens is 1. The van der Waals surface area contributed by atoms with Crippen LogP contribution >= 0.6 is 7.82 Å². The Morgan fingerprint density at radius 1 is 0.544 bits per heavy atom. The van der Waals surface area contributed by atoms with E-state index in [9.17, 15) is 14.3 Å². The maximum atomic E-state index is 12.6. The van der Waals surface area contributed by atoms with E-state index in [1.54, 1.807) is 6.08 Å². The third-order valence-corrected chi connectivity index (χ3v) is 9.35.